The Morgan fingerprint density at radius 1 is 1.38 bits per heavy atom. The van der Waals surface area contributed by atoms with Gasteiger partial charge in [-0.1, -0.05) is 12.2 Å². The molecule has 1 amide bonds. The third-order valence-electron chi connectivity index (χ3n) is 3.32. The van der Waals surface area contributed by atoms with Crippen molar-refractivity contribution in [2.45, 2.75) is 19.0 Å². The van der Waals surface area contributed by atoms with Crippen LogP contribution in [0.5, 0.6) is 0 Å². The molecule has 1 aromatic rings. The third-order valence-corrected chi connectivity index (χ3v) is 3.32. The molecular weight excluding hydrogens is 278 g/mol. The van der Waals surface area contributed by atoms with Crippen molar-refractivity contribution in [2.75, 3.05) is 0 Å². The van der Waals surface area contributed by atoms with Crippen LogP contribution in [0.3, 0.4) is 0 Å². The van der Waals surface area contributed by atoms with Crippen LogP contribution in [-0.4, -0.2) is 32.2 Å². The lowest BCUT2D eigenvalue weighted by molar-refractivity contribution is -0.140. The van der Waals surface area contributed by atoms with Crippen LogP contribution in [0.1, 0.15) is 6.42 Å². The van der Waals surface area contributed by atoms with Gasteiger partial charge in [-0.3, -0.25) is 23.5 Å². The van der Waals surface area contributed by atoms with Crippen LogP contribution in [-0.2, 0) is 23.2 Å². The Kier molecular flexibility index (Phi) is 4.06. The lowest BCUT2D eigenvalue weighted by Gasteiger charge is -2.13. The fourth-order valence-corrected chi connectivity index (χ4v) is 2.13. The van der Waals surface area contributed by atoms with E-state index in [-0.39, 0.29) is 12.6 Å². The predicted molar refractivity (Wildman–Crippen MR) is 72.8 cm³/mol. The van der Waals surface area contributed by atoms with Gasteiger partial charge in [0, 0.05) is 25.4 Å². The van der Waals surface area contributed by atoms with E-state index in [4.69, 9.17) is 5.11 Å². The molecule has 0 saturated heterocycles. The SMILES string of the molecule is Cn1c(=O)ccn(CC(=O)NC2C=CC(C(=O)O)C2)c1=O. The number of carboxylic acids is 1. The van der Waals surface area contributed by atoms with Crippen LogP contribution < -0.4 is 16.6 Å². The van der Waals surface area contributed by atoms with E-state index in [9.17, 15) is 19.2 Å². The number of aliphatic carboxylic acids is 1. The van der Waals surface area contributed by atoms with Crippen LogP contribution in [0.15, 0.2) is 34.0 Å². The second kappa shape index (κ2) is 5.78. The average molecular weight is 293 g/mol. The van der Waals surface area contributed by atoms with Gasteiger partial charge in [-0.2, -0.15) is 0 Å². The van der Waals surface area contributed by atoms with Crippen LogP contribution in [0.4, 0.5) is 0 Å². The zero-order valence-corrected chi connectivity index (χ0v) is 11.4. The first-order chi connectivity index (χ1) is 9.88. The number of carboxylic acid groups (broad SMARTS) is 1. The first-order valence-electron chi connectivity index (χ1n) is 6.35. The molecule has 2 rings (SSSR count). The fourth-order valence-electron chi connectivity index (χ4n) is 2.13. The van der Waals surface area contributed by atoms with Gasteiger partial charge in [-0.25, -0.2) is 4.79 Å². The molecule has 8 heteroatoms. The summed E-state index contributed by atoms with van der Waals surface area (Å²) < 4.78 is 2.02. The molecule has 2 unspecified atom stereocenters. The van der Waals surface area contributed by atoms with Crippen molar-refractivity contribution >= 4 is 11.9 Å². The van der Waals surface area contributed by atoms with E-state index in [0.29, 0.717) is 6.42 Å². The Morgan fingerprint density at radius 2 is 2.10 bits per heavy atom. The maximum absolute atomic E-state index is 11.9. The van der Waals surface area contributed by atoms with Crippen LogP contribution in [0.2, 0.25) is 0 Å². The van der Waals surface area contributed by atoms with E-state index in [1.165, 1.54) is 25.4 Å². The van der Waals surface area contributed by atoms with Crippen molar-refractivity contribution in [3.8, 4) is 0 Å². The summed E-state index contributed by atoms with van der Waals surface area (Å²) in [7, 11) is 1.33. The topological polar surface area (TPSA) is 110 Å². The lowest BCUT2D eigenvalue weighted by atomic mass is 10.1. The molecule has 2 N–H and O–H groups in total. The minimum Gasteiger partial charge on any atom is -0.481 e. The highest BCUT2D eigenvalue weighted by atomic mass is 16.4. The number of carbonyl (C=O) groups excluding carboxylic acids is 1. The molecule has 1 aromatic heterocycles. The molecule has 21 heavy (non-hydrogen) atoms. The highest BCUT2D eigenvalue weighted by Crippen LogP contribution is 2.17. The lowest BCUT2D eigenvalue weighted by Crippen LogP contribution is -2.42. The van der Waals surface area contributed by atoms with Gasteiger partial charge in [0.1, 0.15) is 6.54 Å². The molecule has 1 aliphatic carbocycles. The first-order valence-corrected chi connectivity index (χ1v) is 6.35. The molecule has 8 nitrogen and oxygen atoms in total. The molecule has 0 spiro atoms. The van der Waals surface area contributed by atoms with Gasteiger partial charge in [0.15, 0.2) is 0 Å². The Morgan fingerprint density at radius 3 is 2.71 bits per heavy atom. The van der Waals surface area contributed by atoms with E-state index < -0.39 is 29.0 Å². The zero-order chi connectivity index (χ0) is 15.6. The monoisotopic (exact) mass is 293 g/mol. The van der Waals surface area contributed by atoms with E-state index in [2.05, 4.69) is 5.32 Å². The molecule has 112 valence electrons. The molecule has 0 saturated carbocycles. The largest absolute Gasteiger partial charge is 0.481 e. The van der Waals surface area contributed by atoms with Crippen molar-refractivity contribution in [1.29, 1.82) is 0 Å². The number of nitrogens with one attached hydrogen (secondary N) is 1. The summed E-state index contributed by atoms with van der Waals surface area (Å²) in [6, 6.07) is 0.840. The summed E-state index contributed by atoms with van der Waals surface area (Å²) in [5.41, 5.74) is -1.03. The van der Waals surface area contributed by atoms with Crippen molar-refractivity contribution < 1.29 is 14.7 Å². The molecule has 2 atom stereocenters. The van der Waals surface area contributed by atoms with Gasteiger partial charge in [0.2, 0.25) is 5.91 Å². The first kappa shape index (κ1) is 14.8. The number of amides is 1. The number of hydrogen-bond donors (Lipinski definition) is 2. The van der Waals surface area contributed by atoms with Crippen molar-refractivity contribution in [1.82, 2.24) is 14.5 Å². The molecule has 1 heterocycles. The quantitative estimate of drug-likeness (QED) is 0.670. The van der Waals surface area contributed by atoms with Crippen LogP contribution in [0.25, 0.3) is 0 Å². The number of carbonyl (C=O) groups is 2. The number of aromatic nitrogens is 2. The smallest absolute Gasteiger partial charge is 0.331 e. The average Bonchev–Trinajstić information content (AvgIpc) is 2.88. The summed E-state index contributed by atoms with van der Waals surface area (Å²) in [5.74, 6) is -1.95. The van der Waals surface area contributed by atoms with E-state index in [1.54, 1.807) is 6.08 Å². The minimum absolute atomic E-state index is 0.227. The number of nitrogens with zero attached hydrogens (tertiary/aromatic N) is 2. The summed E-state index contributed by atoms with van der Waals surface area (Å²) in [4.78, 5) is 45.6. The Labute approximate surface area is 119 Å². The van der Waals surface area contributed by atoms with Crippen molar-refractivity contribution in [3.63, 3.8) is 0 Å². The highest BCUT2D eigenvalue weighted by Gasteiger charge is 2.25. The standard InChI is InChI=1S/C13H15N3O5/c1-15-11(18)4-5-16(13(15)21)7-10(17)14-9-3-2-8(6-9)12(19)20/h2-5,8-9H,6-7H2,1H3,(H,14,17)(H,19,20). The molecule has 0 radical (unpaired) electrons. The second-order valence-electron chi connectivity index (χ2n) is 4.86. The van der Waals surface area contributed by atoms with Gasteiger partial charge in [0.05, 0.1) is 5.92 Å². The Balaban J connectivity index is 1.99. The van der Waals surface area contributed by atoms with Gasteiger partial charge in [0.25, 0.3) is 5.56 Å². The highest BCUT2D eigenvalue weighted by molar-refractivity contribution is 5.77. The van der Waals surface area contributed by atoms with Crippen molar-refractivity contribution in [2.24, 2.45) is 13.0 Å². The summed E-state index contributed by atoms with van der Waals surface area (Å²) in [6.07, 6.45) is 4.71. The van der Waals surface area contributed by atoms with E-state index >= 15 is 0 Å². The van der Waals surface area contributed by atoms with Gasteiger partial charge >= 0.3 is 11.7 Å². The van der Waals surface area contributed by atoms with E-state index in [1.807, 2.05) is 0 Å². The third kappa shape index (κ3) is 3.28. The van der Waals surface area contributed by atoms with E-state index in [0.717, 1.165) is 9.13 Å². The zero-order valence-electron chi connectivity index (χ0n) is 11.4. The van der Waals surface area contributed by atoms with Crippen LogP contribution >= 0.6 is 0 Å². The second-order valence-corrected chi connectivity index (χ2v) is 4.86. The van der Waals surface area contributed by atoms with Crippen LogP contribution in [0, 0.1) is 5.92 Å². The summed E-state index contributed by atoms with van der Waals surface area (Å²) >= 11 is 0. The molecular formula is C13H15N3O5. The molecule has 0 fully saturated rings. The summed E-state index contributed by atoms with van der Waals surface area (Å²) in [5, 5.41) is 11.5. The van der Waals surface area contributed by atoms with Gasteiger partial charge in [-0.15, -0.1) is 0 Å². The van der Waals surface area contributed by atoms with Gasteiger partial charge in [-0.05, 0) is 6.42 Å². The maximum Gasteiger partial charge on any atom is 0.331 e. The molecule has 0 aromatic carbocycles. The summed E-state index contributed by atoms with van der Waals surface area (Å²) in [6.45, 7) is -0.227. The predicted octanol–water partition coefficient (Wildman–Crippen LogP) is -1.31. The van der Waals surface area contributed by atoms with Gasteiger partial charge < -0.3 is 10.4 Å². The normalized spacial score (nSPS) is 20.4. The molecule has 0 bridgehead atoms. The molecule has 1 aliphatic rings. The number of hydrogen-bond acceptors (Lipinski definition) is 4. The van der Waals surface area contributed by atoms with Crippen molar-refractivity contribution in [3.05, 3.63) is 45.3 Å². The minimum atomic E-state index is -0.933. The number of rotatable bonds is 4. The molecule has 0 aliphatic heterocycles. The Hall–Kier alpha value is -2.64. The fraction of sp³-hybridized carbons (Fsp3) is 0.385. The maximum atomic E-state index is 11.9. The Bertz CT molecular complexity index is 715.